The lowest BCUT2D eigenvalue weighted by Crippen LogP contribution is -2.32. The number of sulfonamides is 1. The first-order chi connectivity index (χ1) is 13.7. The summed E-state index contributed by atoms with van der Waals surface area (Å²) >= 11 is 7.50. The molecule has 8 heteroatoms. The fourth-order valence-corrected chi connectivity index (χ4v) is 4.58. The van der Waals surface area contributed by atoms with Gasteiger partial charge in [-0.15, -0.1) is 11.8 Å². The average molecular weight is 455 g/mol. The highest BCUT2D eigenvalue weighted by atomic mass is 35.5. The summed E-state index contributed by atoms with van der Waals surface area (Å²) in [7, 11) is -3.41. The van der Waals surface area contributed by atoms with Crippen molar-refractivity contribution in [2.75, 3.05) is 29.4 Å². The number of carbonyl (C=O) groups is 1. The Labute approximate surface area is 182 Å². The highest BCUT2D eigenvalue weighted by Gasteiger charge is 2.18. The van der Waals surface area contributed by atoms with E-state index >= 15 is 0 Å². The second-order valence-corrected chi connectivity index (χ2v) is 10.4. The highest BCUT2D eigenvalue weighted by Crippen LogP contribution is 2.22. The maximum absolute atomic E-state index is 12.2. The fraction of sp³-hybridized carbons (Fsp3) is 0.381. The van der Waals surface area contributed by atoms with Crippen LogP contribution in [0.25, 0.3) is 0 Å². The fourth-order valence-electron chi connectivity index (χ4n) is 2.73. The summed E-state index contributed by atoms with van der Waals surface area (Å²) in [5, 5.41) is 3.58. The zero-order valence-electron chi connectivity index (χ0n) is 16.9. The molecule has 0 fully saturated rings. The van der Waals surface area contributed by atoms with Crippen LogP contribution in [-0.2, 0) is 14.8 Å². The number of thioether (sulfide) groups is 1. The highest BCUT2D eigenvalue weighted by molar-refractivity contribution is 7.99. The van der Waals surface area contributed by atoms with Crippen molar-refractivity contribution in [1.82, 2.24) is 5.32 Å². The summed E-state index contributed by atoms with van der Waals surface area (Å²) < 4.78 is 25.7. The Morgan fingerprint density at radius 3 is 2.41 bits per heavy atom. The number of hydrogen-bond acceptors (Lipinski definition) is 4. The number of amides is 1. The van der Waals surface area contributed by atoms with Gasteiger partial charge in [0.2, 0.25) is 15.9 Å². The molecule has 29 heavy (non-hydrogen) atoms. The van der Waals surface area contributed by atoms with Gasteiger partial charge in [0.1, 0.15) is 0 Å². The van der Waals surface area contributed by atoms with Crippen molar-refractivity contribution in [2.24, 2.45) is 0 Å². The number of nitrogens with zero attached hydrogens (tertiary/aromatic N) is 1. The lowest BCUT2D eigenvalue weighted by atomic mass is 10.1. The number of rotatable bonds is 10. The molecule has 0 atom stereocenters. The number of halogens is 1. The van der Waals surface area contributed by atoms with E-state index in [4.69, 9.17) is 11.6 Å². The monoisotopic (exact) mass is 454 g/mol. The predicted octanol–water partition coefficient (Wildman–Crippen LogP) is 4.41. The van der Waals surface area contributed by atoms with E-state index in [-0.39, 0.29) is 18.9 Å². The summed E-state index contributed by atoms with van der Waals surface area (Å²) in [6, 6.07) is 13.1. The van der Waals surface area contributed by atoms with Gasteiger partial charge in [0, 0.05) is 35.2 Å². The number of aryl methyl sites for hydroxylation is 2. The first-order valence-electron chi connectivity index (χ1n) is 9.37. The molecule has 1 N–H and O–H groups in total. The Kier molecular flexibility index (Phi) is 8.86. The molecule has 0 spiro atoms. The molecule has 0 bridgehead atoms. The van der Waals surface area contributed by atoms with Gasteiger partial charge in [-0.25, -0.2) is 8.42 Å². The van der Waals surface area contributed by atoms with Gasteiger partial charge in [-0.05, 0) is 67.8 Å². The third kappa shape index (κ3) is 7.91. The molecule has 2 rings (SSSR count). The summed E-state index contributed by atoms with van der Waals surface area (Å²) in [4.78, 5) is 13.2. The van der Waals surface area contributed by atoms with Crippen molar-refractivity contribution < 1.29 is 13.2 Å². The molecule has 0 aliphatic heterocycles. The van der Waals surface area contributed by atoms with Crippen molar-refractivity contribution in [3.05, 3.63) is 58.6 Å². The second-order valence-electron chi connectivity index (χ2n) is 6.86. The SMILES string of the molecule is Cc1ccc(N(CCCC(=O)NCCSc2ccc(Cl)cc2)S(C)(=O)=O)cc1C. The predicted molar refractivity (Wildman–Crippen MR) is 123 cm³/mol. The minimum Gasteiger partial charge on any atom is -0.355 e. The van der Waals surface area contributed by atoms with Crippen LogP contribution in [0.1, 0.15) is 24.0 Å². The van der Waals surface area contributed by atoms with E-state index in [1.807, 2.05) is 50.2 Å². The summed E-state index contributed by atoms with van der Waals surface area (Å²) in [6.45, 7) is 4.77. The molecule has 0 heterocycles. The van der Waals surface area contributed by atoms with E-state index in [1.54, 1.807) is 17.8 Å². The Morgan fingerprint density at radius 2 is 1.79 bits per heavy atom. The van der Waals surface area contributed by atoms with E-state index in [0.29, 0.717) is 23.7 Å². The van der Waals surface area contributed by atoms with Gasteiger partial charge < -0.3 is 5.32 Å². The molecule has 2 aromatic rings. The maximum atomic E-state index is 12.2. The van der Waals surface area contributed by atoms with Crippen molar-refractivity contribution >= 4 is 45.0 Å². The van der Waals surface area contributed by atoms with E-state index in [0.717, 1.165) is 21.8 Å². The van der Waals surface area contributed by atoms with Gasteiger partial charge >= 0.3 is 0 Å². The molecule has 2 aromatic carbocycles. The number of hydrogen-bond donors (Lipinski definition) is 1. The quantitative estimate of drug-likeness (QED) is 0.426. The lowest BCUT2D eigenvalue weighted by molar-refractivity contribution is -0.121. The molecule has 0 unspecified atom stereocenters. The van der Waals surface area contributed by atoms with Gasteiger partial charge in [-0.2, -0.15) is 0 Å². The maximum Gasteiger partial charge on any atom is 0.232 e. The third-order valence-corrected chi connectivity index (χ3v) is 6.91. The van der Waals surface area contributed by atoms with Crippen LogP contribution in [-0.4, -0.2) is 39.4 Å². The van der Waals surface area contributed by atoms with E-state index in [2.05, 4.69) is 5.32 Å². The van der Waals surface area contributed by atoms with Crippen LogP contribution in [0.4, 0.5) is 5.69 Å². The molecular formula is C21H27ClN2O3S2. The topological polar surface area (TPSA) is 66.5 Å². The van der Waals surface area contributed by atoms with Gasteiger partial charge in [0.15, 0.2) is 0 Å². The molecule has 0 saturated heterocycles. The second kappa shape index (κ2) is 10.9. The third-order valence-electron chi connectivity index (χ3n) is 4.45. The Hall–Kier alpha value is -1.70. The van der Waals surface area contributed by atoms with Crippen LogP contribution in [0.3, 0.4) is 0 Å². The molecule has 0 aliphatic rings. The van der Waals surface area contributed by atoms with Crippen LogP contribution in [0.15, 0.2) is 47.4 Å². The first kappa shape index (κ1) is 23.6. The van der Waals surface area contributed by atoms with Gasteiger partial charge in [0.25, 0.3) is 0 Å². The average Bonchev–Trinajstić information content (AvgIpc) is 2.65. The molecule has 5 nitrogen and oxygen atoms in total. The van der Waals surface area contributed by atoms with Crippen molar-refractivity contribution in [1.29, 1.82) is 0 Å². The van der Waals surface area contributed by atoms with Crippen LogP contribution >= 0.6 is 23.4 Å². The molecule has 1 amide bonds. The van der Waals surface area contributed by atoms with Crippen LogP contribution in [0, 0.1) is 13.8 Å². The Balaban J connectivity index is 1.77. The van der Waals surface area contributed by atoms with Crippen LogP contribution in [0.5, 0.6) is 0 Å². The minimum absolute atomic E-state index is 0.0738. The van der Waals surface area contributed by atoms with Gasteiger partial charge in [0.05, 0.1) is 11.9 Å². The van der Waals surface area contributed by atoms with Gasteiger partial charge in [-0.1, -0.05) is 17.7 Å². The number of anilines is 1. The number of benzene rings is 2. The number of carbonyl (C=O) groups excluding carboxylic acids is 1. The smallest absolute Gasteiger partial charge is 0.232 e. The first-order valence-corrected chi connectivity index (χ1v) is 12.6. The molecule has 0 aromatic heterocycles. The van der Waals surface area contributed by atoms with E-state index in [1.165, 1.54) is 10.6 Å². The van der Waals surface area contributed by atoms with Crippen molar-refractivity contribution in [3.8, 4) is 0 Å². The molecular weight excluding hydrogens is 428 g/mol. The molecule has 0 saturated carbocycles. The van der Waals surface area contributed by atoms with Gasteiger partial charge in [-0.3, -0.25) is 9.10 Å². The van der Waals surface area contributed by atoms with E-state index in [9.17, 15) is 13.2 Å². The Bertz CT molecular complexity index is 931. The normalized spacial score (nSPS) is 11.3. The largest absolute Gasteiger partial charge is 0.355 e. The Morgan fingerprint density at radius 1 is 1.10 bits per heavy atom. The van der Waals surface area contributed by atoms with Crippen molar-refractivity contribution in [2.45, 2.75) is 31.6 Å². The molecule has 0 aliphatic carbocycles. The lowest BCUT2D eigenvalue weighted by Gasteiger charge is -2.23. The zero-order chi connectivity index (χ0) is 21.4. The molecule has 0 radical (unpaired) electrons. The van der Waals surface area contributed by atoms with Crippen LogP contribution in [0.2, 0.25) is 5.02 Å². The summed E-state index contributed by atoms with van der Waals surface area (Å²) in [6.07, 6.45) is 1.93. The summed E-state index contributed by atoms with van der Waals surface area (Å²) in [5.41, 5.74) is 2.78. The van der Waals surface area contributed by atoms with Crippen LogP contribution < -0.4 is 9.62 Å². The molecule has 158 valence electrons. The van der Waals surface area contributed by atoms with E-state index < -0.39 is 10.0 Å². The minimum atomic E-state index is -3.41. The van der Waals surface area contributed by atoms with Crippen molar-refractivity contribution in [3.63, 3.8) is 0 Å². The number of nitrogens with one attached hydrogen (secondary N) is 1. The summed E-state index contributed by atoms with van der Waals surface area (Å²) in [5.74, 6) is 0.682. The zero-order valence-corrected chi connectivity index (χ0v) is 19.3. The standard InChI is InChI=1S/C21H27ClN2O3S2/c1-16-6-9-19(15-17(16)2)24(29(3,26)27)13-4-5-21(25)23-12-14-28-20-10-7-18(22)8-11-20/h6-11,15H,4-5,12-14H2,1-3H3,(H,23,25).